The van der Waals surface area contributed by atoms with Gasteiger partial charge in [0.1, 0.15) is 0 Å². The van der Waals surface area contributed by atoms with Crippen LogP contribution in [-0.4, -0.2) is 75.8 Å². The lowest BCUT2D eigenvalue weighted by molar-refractivity contribution is -0.122. The van der Waals surface area contributed by atoms with Crippen LogP contribution >= 0.6 is 0 Å². The first-order valence-corrected chi connectivity index (χ1v) is 10.7. The third kappa shape index (κ3) is 4.48. The number of rotatable bonds is 5. The molecule has 8 nitrogen and oxygen atoms in total. The van der Waals surface area contributed by atoms with Crippen molar-refractivity contribution in [3.63, 3.8) is 0 Å². The Hall–Kier alpha value is -1.97. The van der Waals surface area contributed by atoms with Gasteiger partial charge in [-0.05, 0) is 56.6 Å². The molecule has 2 aliphatic rings. The van der Waals surface area contributed by atoms with Gasteiger partial charge in [-0.3, -0.25) is 9.59 Å². The standard InChI is InChI=1S/C18H26N4O4S/c1-19-11-14-3-2-9-21(12-14)18(24)15-4-6-16(7-5-15)27(25,26)22-10-8-20-17(23)13-22/h4-7,14,19H,2-3,8-13H2,1H3,(H,20,23). The summed E-state index contributed by atoms with van der Waals surface area (Å²) in [5, 5.41) is 5.77. The average molecular weight is 394 g/mol. The van der Waals surface area contributed by atoms with Gasteiger partial charge in [0.05, 0.1) is 11.4 Å². The average Bonchev–Trinajstić information content (AvgIpc) is 2.68. The van der Waals surface area contributed by atoms with E-state index in [1.165, 1.54) is 12.1 Å². The minimum absolute atomic E-state index is 0.0721. The van der Waals surface area contributed by atoms with Crippen molar-refractivity contribution in [1.82, 2.24) is 19.8 Å². The summed E-state index contributed by atoms with van der Waals surface area (Å²) < 4.78 is 26.5. The fraction of sp³-hybridized carbons (Fsp3) is 0.556. The van der Waals surface area contributed by atoms with Gasteiger partial charge in [-0.2, -0.15) is 4.31 Å². The molecule has 2 heterocycles. The lowest BCUT2D eigenvalue weighted by Crippen LogP contribution is -2.49. The summed E-state index contributed by atoms with van der Waals surface area (Å²) in [4.78, 5) is 26.2. The molecule has 0 aromatic heterocycles. The van der Waals surface area contributed by atoms with Crippen molar-refractivity contribution in [3.05, 3.63) is 29.8 Å². The van der Waals surface area contributed by atoms with Gasteiger partial charge in [-0.15, -0.1) is 0 Å². The van der Waals surface area contributed by atoms with Gasteiger partial charge in [0.25, 0.3) is 5.91 Å². The summed E-state index contributed by atoms with van der Waals surface area (Å²) in [6, 6.07) is 6.01. The number of piperazine rings is 1. The second kappa shape index (κ2) is 8.37. The quantitative estimate of drug-likeness (QED) is 0.725. The molecule has 0 spiro atoms. The van der Waals surface area contributed by atoms with Gasteiger partial charge in [0.2, 0.25) is 15.9 Å². The van der Waals surface area contributed by atoms with E-state index in [-0.39, 0.29) is 29.8 Å². The van der Waals surface area contributed by atoms with E-state index in [4.69, 9.17) is 0 Å². The molecule has 2 fully saturated rings. The number of amides is 2. The molecule has 2 N–H and O–H groups in total. The summed E-state index contributed by atoms with van der Waals surface area (Å²) in [6.07, 6.45) is 2.08. The van der Waals surface area contributed by atoms with Crippen LogP contribution in [-0.2, 0) is 14.8 Å². The Morgan fingerprint density at radius 3 is 2.67 bits per heavy atom. The van der Waals surface area contributed by atoms with E-state index in [2.05, 4.69) is 10.6 Å². The molecule has 0 saturated carbocycles. The normalized spacial score (nSPS) is 21.7. The fourth-order valence-corrected chi connectivity index (χ4v) is 5.02. The number of hydrogen-bond acceptors (Lipinski definition) is 5. The Morgan fingerprint density at radius 2 is 2.00 bits per heavy atom. The van der Waals surface area contributed by atoms with E-state index in [0.29, 0.717) is 24.6 Å². The lowest BCUT2D eigenvalue weighted by Gasteiger charge is -2.32. The first-order valence-electron chi connectivity index (χ1n) is 9.22. The highest BCUT2D eigenvalue weighted by atomic mass is 32.2. The van der Waals surface area contributed by atoms with Crippen LogP contribution in [0.3, 0.4) is 0 Å². The first-order chi connectivity index (χ1) is 12.9. The van der Waals surface area contributed by atoms with Crippen molar-refractivity contribution in [1.29, 1.82) is 0 Å². The minimum atomic E-state index is -3.74. The molecule has 0 bridgehead atoms. The van der Waals surface area contributed by atoms with Crippen molar-refractivity contribution in [2.75, 3.05) is 46.3 Å². The van der Waals surface area contributed by atoms with Crippen molar-refractivity contribution < 1.29 is 18.0 Å². The molecule has 1 aromatic rings. The Bertz CT molecular complexity index is 792. The van der Waals surface area contributed by atoms with Crippen LogP contribution in [0.15, 0.2) is 29.2 Å². The van der Waals surface area contributed by atoms with Crippen molar-refractivity contribution in [2.24, 2.45) is 5.92 Å². The number of piperidine rings is 1. The van der Waals surface area contributed by atoms with Gasteiger partial charge in [-0.1, -0.05) is 0 Å². The number of sulfonamides is 1. The van der Waals surface area contributed by atoms with Crippen LogP contribution in [0.4, 0.5) is 0 Å². The van der Waals surface area contributed by atoms with E-state index in [9.17, 15) is 18.0 Å². The number of hydrogen-bond donors (Lipinski definition) is 2. The fourth-order valence-electron chi connectivity index (χ4n) is 3.63. The molecule has 2 saturated heterocycles. The summed E-state index contributed by atoms with van der Waals surface area (Å²) in [6.45, 7) is 2.69. The van der Waals surface area contributed by atoms with Crippen LogP contribution < -0.4 is 10.6 Å². The van der Waals surface area contributed by atoms with E-state index < -0.39 is 10.0 Å². The van der Waals surface area contributed by atoms with Gasteiger partial charge in [0.15, 0.2) is 0 Å². The largest absolute Gasteiger partial charge is 0.354 e. The predicted octanol–water partition coefficient (Wildman–Crippen LogP) is -0.121. The molecule has 3 rings (SSSR count). The molecule has 1 aromatic carbocycles. The maximum atomic E-state index is 12.7. The minimum Gasteiger partial charge on any atom is -0.354 e. The van der Waals surface area contributed by atoms with Crippen LogP contribution in [0.5, 0.6) is 0 Å². The van der Waals surface area contributed by atoms with E-state index in [1.807, 2.05) is 11.9 Å². The molecule has 0 radical (unpaired) electrons. The smallest absolute Gasteiger partial charge is 0.253 e. The molecule has 27 heavy (non-hydrogen) atoms. The third-order valence-corrected chi connectivity index (χ3v) is 6.90. The van der Waals surface area contributed by atoms with Gasteiger partial charge < -0.3 is 15.5 Å². The number of carbonyl (C=O) groups is 2. The monoisotopic (exact) mass is 394 g/mol. The molecule has 2 aliphatic heterocycles. The summed E-state index contributed by atoms with van der Waals surface area (Å²) in [7, 11) is -1.83. The highest BCUT2D eigenvalue weighted by Gasteiger charge is 2.29. The Balaban J connectivity index is 1.71. The van der Waals surface area contributed by atoms with Crippen LogP contribution in [0.1, 0.15) is 23.2 Å². The first kappa shape index (κ1) is 19.8. The summed E-state index contributed by atoms with van der Waals surface area (Å²) in [5.41, 5.74) is 0.482. The topological polar surface area (TPSA) is 98.8 Å². The van der Waals surface area contributed by atoms with E-state index in [0.717, 1.165) is 30.2 Å². The maximum Gasteiger partial charge on any atom is 0.253 e. The third-order valence-electron chi connectivity index (χ3n) is 5.04. The highest BCUT2D eigenvalue weighted by Crippen LogP contribution is 2.21. The Kier molecular flexibility index (Phi) is 6.13. The van der Waals surface area contributed by atoms with Crippen LogP contribution in [0, 0.1) is 5.92 Å². The molecule has 9 heteroatoms. The zero-order valence-electron chi connectivity index (χ0n) is 15.5. The number of benzene rings is 1. The van der Waals surface area contributed by atoms with Crippen LogP contribution in [0.2, 0.25) is 0 Å². The number of carbonyl (C=O) groups excluding carboxylic acids is 2. The zero-order valence-corrected chi connectivity index (χ0v) is 16.3. The molecular weight excluding hydrogens is 368 g/mol. The van der Waals surface area contributed by atoms with Gasteiger partial charge in [-0.25, -0.2) is 8.42 Å². The number of nitrogens with one attached hydrogen (secondary N) is 2. The second-order valence-corrected chi connectivity index (χ2v) is 8.97. The predicted molar refractivity (Wildman–Crippen MR) is 101 cm³/mol. The molecule has 2 amide bonds. The molecular formula is C18H26N4O4S. The molecule has 0 aliphatic carbocycles. The lowest BCUT2D eigenvalue weighted by atomic mass is 9.97. The molecule has 148 valence electrons. The van der Waals surface area contributed by atoms with Crippen molar-refractivity contribution in [2.45, 2.75) is 17.7 Å². The molecule has 1 atom stereocenters. The second-order valence-electron chi connectivity index (χ2n) is 7.03. The highest BCUT2D eigenvalue weighted by molar-refractivity contribution is 7.89. The molecule has 1 unspecified atom stereocenters. The maximum absolute atomic E-state index is 12.7. The SMILES string of the molecule is CNCC1CCCN(C(=O)c2ccc(S(=O)(=O)N3CCNC(=O)C3)cc2)C1. The van der Waals surface area contributed by atoms with E-state index >= 15 is 0 Å². The Labute approximate surface area is 160 Å². The number of likely N-dealkylation sites (tertiary alicyclic amines) is 1. The Morgan fingerprint density at radius 1 is 1.26 bits per heavy atom. The van der Waals surface area contributed by atoms with Crippen molar-refractivity contribution >= 4 is 21.8 Å². The van der Waals surface area contributed by atoms with Gasteiger partial charge >= 0.3 is 0 Å². The van der Waals surface area contributed by atoms with Gasteiger partial charge in [0, 0.05) is 31.7 Å². The summed E-state index contributed by atoms with van der Waals surface area (Å²) in [5.74, 6) is 0.0625. The zero-order chi connectivity index (χ0) is 19.4. The van der Waals surface area contributed by atoms with Crippen LogP contribution in [0.25, 0.3) is 0 Å². The van der Waals surface area contributed by atoms with Crippen molar-refractivity contribution in [3.8, 4) is 0 Å². The summed E-state index contributed by atoms with van der Waals surface area (Å²) >= 11 is 0. The van der Waals surface area contributed by atoms with E-state index in [1.54, 1.807) is 12.1 Å². The number of nitrogens with zero attached hydrogens (tertiary/aromatic N) is 2.